The first kappa shape index (κ1) is 12.9. The maximum Gasteiger partial charge on any atom is 0.188 e. The molecule has 5 heteroatoms. The van der Waals surface area contributed by atoms with Gasteiger partial charge >= 0.3 is 0 Å². The topological polar surface area (TPSA) is 54.0 Å². The first-order valence-corrected chi connectivity index (χ1v) is 4.85. The minimum absolute atomic E-state index is 0.0562. The second kappa shape index (κ2) is 6.42. The summed E-state index contributed by atoms with van der Waals surface area (Å²) in [4.78, 5) is 11.1. The van der Waals surface area contributed by atoms with Gasteiger partial charge in [0.1, 0.15) is 12.6 Å². The third-order valence-electron chi connectivity index (χ3n) is 2.12. The van der Waals surface area contributed by atoms with Gasteiger partial charge in [-0.2, -0.15) is 0 Å². The number of allylic oxidation sites excluding steroid dienone is 2. The molecule has 0 aliphatic heterocycles. The summed E-state index contributed by atoms with van der Waals surface area (Å²) in [5.74, 6) is 0.646. The van der Waals surface area contributed by atoms with Crippen molar-refractivity contribution in [2.24, 2.45) is 0 Å². The summed E-state index contributed by atoms with van der Waals surface area (Å²) < 4.78 is 20.2. The molecule has 0 radical (unpaired) electrons. The number of methoxy groups -OCH3 is 2. The van der Waals surface area contributed by atoms with Crippen LogP contribution in [0.5, 0.6) is 0 Å². The lowest BCUT2D eigenvalue weighted by molar-refractivity contribution is -0.143. The van der Waals surface area contributed by atoms with Crippen LogP contribution >= 0.6 is 0 Å². The van der Waals surface area contributed by atoms with Crippen molar-refractivity contribution in [3.63, 3.8) is 0 Å². The molecule has 90 valence electrons. The smallest absolute Gasteiger partial charge is 0.188 e. The number of rotatable bonds is 7. The van der Waals surface area contributed by atoms with Gasteiger partial charge in [0, 0.05) is 20.6 Å². The Kier molecular flexibility index (Phi) is 5.18. The van der Waals surface area contributed by atoms with Gasteiger partial charge in [-0.05, 0) is 12.2 Å². The fourth-order valence-corrected chi connectivity index (χ4v) is 1.32. The molecular formula is C11H16O5. The van der Waals surface area contributed by atoms with E-state index in [1.54, 1.807) is 18.2 Å². The van der Waals surface area contributed by atoms with Gasteiger partial charge in [0.2, 0.25) is 0 Å². The van der Waals surface area contributed by atoms with E-state index >= 15 is 0 Å². The van der Waals surface area contributed by atoms with Gasteiger partial charge in [0.15, 0.2) is 18.7 Å². The molecule has 0 N–H and O–H groups in total. The number of hydrogen-bond acceptors (Lipinski definition) is 5. The third kappa shape index (κ3) is 3.44. The van der Waals surface area contributed by atoms with Crippen LogP contribution in [0, 0.1) is 0 Å². The monoisotopic (exact) mass is 228 g/mol. The molecular weight excluding hydrogens is 212 g/mol. The minimum Gasteiger partial charge on any atom is -0.472 e. The lowest BCUT2D eigenvalue weighted by Crippen LogP contribution is -2.35. The highest BCUT2D eigenvalue weighted by Gasteiger charge is 2.31. The van der Waals surface area contributed by atoms with E-state index in [-0.39, 0.29) is 13.6 Å². The molecule has 0 heterocycles. The van der Waals surface area contributed by atoms with Crippen LogP contribution in [0.2, 0.25) is 0 Å². The molecule has 16 heavy (non-hydrogen) atoms. The number of hydrogen-bond donors (Lipinski definition) is 0. The van der Waals surface area contributed by atoms with Crippen LogP contribution in [0.4, 0.5) is 0 Å². The molecule has 1 aliphatic carbocycles. The Morgan fingerprint density at radius 1 is 1.38 bits per heavy atom. The molecule has 0 saturated carbocycles. The van der Waals surface area contributed by atoms with E-state index < -0.39 is 5.60 Å². The van der Waals surface area contributed by atoms with Crippen molar-refractivity contribution < 1.29 is 23.7 Å². The Hall–Kier alpha value is -1.17. The van der Waals surface area contributed by atoms with E-state index in [2.05, 4.69) is 0 Å². The van der Waals surface area contributed by atoms with Crippen LogP contribution in [0.3, 0.4) is 0 Å². The summed E-state index contributed by atoms with van der Waals surface area (Å²) in [5, 5.41) is 0. The van der Waals surface area contributed by atoms with Gasteiger partial charge in [-0.15, -0.1) is 0 Å². The molecule has 0 amide bonds. The van der Waals surface area contributed by atoms with Gasteiger partial charge in [0.25, 0.3) is 0 Å². The van der Waals surface area contributed by atoms with Crippen LogP contribution in [-0.4, -0.2) is 39.7 Å². The largest absolute Gasteiger partial charge is 0.472 e. The molecule has 0 saturated heterocycles. The van der Waals surface area contributed by atoms with E-state index in [0.29, 0.717) is 12.2 Å². The quantitative estimate of drug-likeness (QED) is 0.481. The molecule has 0 aromatic carbocycles. The average molecular weight is 228 g/mol. The average Bonchev–Trinajstić information content (AvgIpc) is 2.34. The fraction of sp³-hybridized carbons (Fsp3) is 0.545. The maximum atomic E-state index is 11.1. The summed E-state index contributed by atoms with van der Waals surface area (Å²) in [5.41, 5.74) is -0.992. The highest BCUT2D eigenvalue weighted by molar-refractivity contribution is 5.67. The van der Waals surface area contributed by atoms with Crippen molar-refractivity contribution in [1.29, 1.82) is 0 Å². The molecule has 0 unspecified atom stereocenters. The summed E-state index contributed by atoms with van der Waals surface area (Å²) in [7, 11) is 3.04. The van der Waals surface area contributed by atoms with Crippen molar-refractivity contribution in [1.82, 2.24) is 0 Å². The maximum absolute atomic E-state index is 11.1. The number of ether oxygens (including phenoxy) is 4. The molecule has 5 nitrogen and oxygen atoms in total. The molecule has 1 aliphatic rings. The Bertz CT molecular complexity index is 284. The third-order valence-corrected chi connectivity index (χ3v) is 2.12. The van der Waals surface area contributed by atoms with E-state index in [0.717, 1.165) is 6.29 Å². The van der Waals surface area contributed by atoms with Gasteiger partial charge in [-0.3, -0.25) is 4.79 Å². The second-order valence-electron chi connectivity index (χ2n) is 3.34. The van der Waals surface area contributed by atoms with Crippen LogP contribution in [0.25, 0.3) is 0 Å². The molecule has 1 rings (SSSR count). The predicted molar refractivity (Wildman–Crippen MR) is 56.6 cm³/mol. The van der Waals surface area contributed by atoms with Crippen molar-refractivity contribution in [2.45, 2.75) is 12.0 Å². The van der Waals surface area contributed by atoms with Crippen LogP contribution < -0.4 is 0 Å². The Labute approximate surface area is 94.6 Å². The lowest BCUT2D eigenvalue weighted by atomic mass is 9.95. The van der Waals surface area contributed by atoms with Gasteiger partial charge in [-0.25, -0.2) is 0 Å². The number of aldehydes is 1. The number of carbonyl (C=O) groups is 1. The highest BCUT2D eigenvalue weighted by Crippen LogP contribution is 2.25. The standard InChI is InChI=1S/C11H16O5/c1-13-8-15-10-4-3-5-11(6-10,7-12)16-9-14-2/h3-5,7H,6,8-9H2,1-2H3/t11-/m1/s1. The van der Waals surface area contributed by atoms with Crippen molar-refractivity contribution >= 4 is 6.29 Å². The number of carbonyl (C=O) groups excluding carboxylic acids is 1. The van der Waals surface area contributed by atoms with Crippen LogP contribution in [-0.2, 0) is 23.7 Å². The molecule has 0 aromatic heterocycles. The Morgan fingerprint density at radius 3 is 2.75 bits per heavy atom. The Balaban J connectivity index is 2.59. The molecule has 0 aromatic rings. The molecule has 0 bridgehead atoms. The summed E-state index contributed by atoms with van der Waals surface area (Å²) >= 11 is 0. The van der Waals surface area contributed by atoms with Crippen LogP contribution in [0.1, 0.15) is 6.42 Å². The van der Waals surface area contributed by atoms with Crippen molar-refractivity contribution in [3.05, 3.63) is 24.0 Å². The summed E-state index contributed by atoms with van der Waals surface area (Å²) in [6.45, 7) is 0.208. The fourth-order valence-electron chi connectivity index (χ4n) is 1.32. The highest BCUT2D eigenvalue weighted by atomic mass is 16.7. The van der Waals surface area contributed by atoms with Gasteiger partial charge < -0.3 is 18.9 Å². The zero-order valence-corrected chi connectivity index (χ0v) is 9.47. The van der Waals surface area contributed by atoms with Crippen molar-refractivity contribution in [3.8, 4) is 0 Å². The normalized spacial score (nSPS) is 24.0. The first-order chi connectivity index (χ1) is 7.76. The molecule has 1 atom stereocenters. The lowest BCUT2D eigenvalue weighted by Gasteiger charge is -2.27. The van der Waals surface area contributed by atoms with Gasteiger partial charge in [-0.1, -0.05) is 6.08 Å². The zero-order chi connectivity index (χ0) is 11.9. The van der Waals surface area contributed by atoms with Crippen molar-refractivity contribution in [2.75, 3.05) is 27.8 Å². The molecule has 0 spiro atoms. The summed E-state index contributed by atoms with van der Waals surface area (Å²) in [6.07, 6.45) is 6.26. The van der Waals surface area contributed by atoms with E-state index in [1.807, 2.05) is 0 Å². The Morgan fingerprint density at radius 2 is 2.12 bits per heavy atom. The van der Waals surface area contributed by atoms with Gasteiger partial charge in [0.05, 0.1) is 0 Å². The summed E-state index contributed by atoms with van der Waals surface area (Å²) in [6, 6.07) is 0. The minimum atomic E-state index is -0.992. The second-order valence-corrected chi connectivity index (χ2v) is 3.34. The van der Waals surface area contributed by atoms with E-state index in [1.165, 1.54) is 14.2 Å². The predicted octanol–water partition coefficient (Wildman–Crippen LogP) is 1.01. The van der Waals surface area contributed by atoms with Crippen LogP contribution in [0.15, 0.2) is 24.0 Å². The molecule has 0 fully saturated rings. The SMILES string of the molecule is COCOC1=CC=C[C@@](C=O)(OCOC)C1. The zero-order valence-electron chi connectivity index (χ0n) is 9.47. The van der Waals surface area contributed by atoms with E-state index in [4.69, 9.17) is 18.9 Å². The van der Waals surface area contributed by atoms with E-state index in [9.17, 15) is 4.79 Å². The first-order valence-electron chi connectivity index (χ1n) is 4.85.